The van der Waals surface area contributed by atoms with Gasteiger partial charge in [0.25, 0.3) is 0 Å². The summed E-state index contributed by atoms with van der Waals surface area (Å²) in [5, 5.41) is 4.66. The van der Waals surface area contributed by atoms with Crippen LogP contribution in [-0.2, 0) is 0 Å². The molecule has 2 aromatic heterocycles. The molecule has 0 atom stereocenters. The highest BCUT2D eigenvalue weighted by atomic mass is 28.3. The van der Waals surface area contributed by atoms with E-state index in [-0.39, 0.29) is 0 Å². The third-order valence-electron chi connectivity index (χ3n) is 5.78. The van der Waals surface area contributed by atoms with Crippen molar-refractivity contribution in [3.63, 3.8) is 0 Å². The van der Waals surface area contributed by atoms with Crippen LogP contribution in [0.25, 0.3) is 11.0 Å². The fourth-order valence-electron chi connectivity index (χ4n) is 4.93. The third kappa shape index (κ3) is 3.07. The van der Waals surface area contributed by atoms with E-state index in [0.717, 1.165) is 17.0 Å². The van der Waals surface area contributed by atoms with Gasteiger partial charge in [-0.3, -0.25) is 0 Å². The fraction of sp³-hybridized carbons (Fsp3) is 0.409. The average Bonchev–Trinajstić information content (AvgIpc) is 2.99. The van der Waals surface area contributed by atoms with Crippen molar-refractivity contribution in [1.82, 2.24) is 9.22 Å². The Morgan fingerprint density at radius 1 is 0.846 bits per heavy atom. The van der Waals surface area contributed by atoms with Crippen LogP contribution in [-0.4, -0.2) is 17.5 Å². The van der Waals surface area contributed by atoms with Crippen LogP contribution in [0.2, 0.25) is 16.6 Å². The molecule has 1 N–H and O–H groups in total. The van der Waals surface area contributed by atoms with Crippen LogP contribution >= 0.6 is 0 Å². The van der Waals surface area contributed by atoms with E-state index < -0.39 is 8.24 Å². The van der Waals surface area contributed by atoms with Gasteiger partial charge in [-0.1, -0.05) is 59.7 Å². The van der Waals surface area contributed by atoms with Crippen LogP contribution in [0.4, 0.5) is 11.4 Å². The molecule has 1 aromatic carbocycles. The maximum atomic E-state index is 4.89. The van der Waals surface area contributed by atoms with Crippen LogP contribution in [0.5, 0.6) is 0 Å². The monoisotopic (exact) mass is 365 g/mol. The first-order chi connectivity index (χ1) is 12.4. The molecule has 0 saturated heterocycles. The van der Waals surface area contributed by atoms with E-state index in [2.05, 4.69) is 81.6 Å². The van der Waals surface area contributed by atoms with Gasteiger partial charge < -0.3 is 9.55 Å². The molecule has 0 bridgehead atoms. The van der Waals surface area contributed by atoms with Gasteiger partial charge in [-0.15, -0.1) is 16.6 Å². The molecule has 0 saturated carbocycles. The van der Waals surface area contributed by atoms with Crippen molar-refractivity contribution in [1.29, 1.82) is 0 Å². The number of hydrogen-bond donors (Lipinski definition) is 1. The van der Waals surface area contributed by atoms with Crippen molar-refractivity contribution in [3.05, 3.63) is 54.9 Å². The van der Waals surface area contributed by atoms with Crippen molar-refractivity contribution in [3.8, 4) is 0 Å². The fourth-order valence-corrected chi connectivity index (χ4v) is 11.5. The Labute approximate surface area is 158 Å². The van der Waals surface area contributed by atoms with Crippen molar-refractivity contribution in [2.45, 2.75) is 58.2 Å². The number of nitrogens with zero attached hydrogens (tertiary/aromatic N) is 2. The molecule has 2 heterocycles. The standard InChI is InChI=1S/C22H31N3Si/c1-16(2)26(17(3)4,18(5)6)25-13-12-19-14-21(15-23-22(19)25)24-20-10-8-7-9-11-20/h7-18,24H,1-6H3/q-1. The smallest absolute Gasteiger partial charge is 0.103 e. The van der Waals surface area contributed by atoms with Crippen LogP contribution in [0.15, 0.2) is 54.9 Å². The number of benzene rings is 1. The largest absolute Gasteiger partial charge is 0.484 e. The van der Waals surface area contributed by atoms with Gasteiger partial charge in [0.1, 0.15) is 5.65 Å². The van der Waals surface area contributed by atoms with E-state index >= 15 is 0 Å². The molecule has 0 fully saturated rings. The number of nitrogens with one attached hydrogen (secondary N) is 1. The number of pyridine rings is 1. The summed E-state index contributed by atoms with van der Waals surface area (Å²) in [5.74, 6) is 0. The Kier molecular flexibility index (Phi) is 5.23. The van der Waals surface area contributed by atoms with Crippen molar-refractivity contribution >= 4 is 30.6 Å². The van der Waals surface area contributed by atoms with Crippen LogP contribution in [0, 0.1) is 0 Å². The Morgan fingerprint density at radius 2 is 1.46 bits per heavy atom. The van der Waals surface area contributed by atoms with Crippen molar-refractivity contribution in [2.75, 3.05) is 5.32 Å². The minimum atomic E-state index is -1.77. The molecule has 0 amide bonds. The van der Waals surface area contributed by atoms with E-state index in [1.54, 1.807) is 0 Å². The Hall–Kier alpha value is -2.07. The predicted molar refractivity (Wildman–Crippen MR) is 116 cm³/mol. The zero-order valence-corrected chi connectivity index (χ0v) is 17.8. The molecule has 0 spiro atoms. The molecule has 139 valence electrons. The van der Waals surface area contributed by atoms with E-state index in [9.17, 15) is 0 Å². The lowest BCUT2D eigenvalue weighted by Gasteiger charge is -2.56. The maximum absolute atomic E-state index is 4.89. The maximum Gasteiger partial charge on any atom is 0.103 e. The van der Waals surface area contributed by atoms with Crippen LogP contribution in [0.3, 0.4) is 0 Å². The Morgan fingerprint density at radius 3 is 2.04 bits per heavy atom. The highest BCUT2D eigenvalue weighted by Gasteiger charge is 2.33. The molecule has 3 nitrogen and oxygen atoms in total. The lowest BCUT2D eigenvalue weighted by Crippen LogP contribution is -2.51. The number of rotatable bonds is 6. The summed E-state index contributed by atoms with van der Waals surface area (Å²) >= 11 is 0. The Bertz CT molecular complexity index is 844. The highest BCUT2D eigenvalue weighted by Crippen LogP contribution is 2.44. The van der Waals surface area contributed by atoms with Gasteiger partial charge in [0.2, 0.25) is 0 Å². The summed E-state index contributed by atoms with van der Waals surface area (Å²) in [7, 11) is -1.77. The first-order valence-electron chi connectivity index (χ1n) is 9.67. The summed E-state index contributed by atoms with van der Waals surface area (Å²) in [6, 6.07) is 14.7. The molecule has 0 aliphatic carbocycles. The summed E-state index contributed by atoms with van der Waals surface area (Å²) < 4.78 is 2.56. The number of fused-ring (bicyclic) bond motifs is 1. The normalized spacial score (nSPS) is 12.5. The summed E-state index contributed by atoms with van der Waals surface area (Å²) in [6.07, 6.45) is 4.25. The molecule has 3 aromatic rings. The number of anilines is 2. The first-order valence-corrected chi connectivity index (χ1v) is 11.8. The minimum Gasteiger partial charge on any atom is -0.484 e. The molecular weight excluding hydrogens is 334 g/mol. The summed E-state index contributed by atoms with van der Waals surface area (Å²) in [5.41, 5.74) is 5.22. The molecule has 26 heavy (non-hydrogen) atoms. The number of aromatic nitrogens is 2. The molecule has 0 aliphatic rings. The third-order valence-corrected chi connectivity index (χ3v) is 12.5. The van der Waals surface area contributed by atoms with E-state index in [4.69, 9.17) is 4.98 Å². The van der Waals surface area contributed by atoms with Gasteiger partial charge >= 0.3 is 0 Å². The molecule has 3 rings (SSSR count). The summed E-state index contributed by atoms with van der Waals surface area (Å²) in [4.78, 5) is 4.89. The molecule has 0 aliphatic heterocycles. The average molecular weight is 366 g/mol. The van der Waals surface area contributed by atoms with Gasteiger partial charge in [-0.2, -0.15) is 0 Å². The second-order valence-corrected chi connectivity index (χ2v) is 13.9. The Balaban J connectivity index is 2.06. The molecule has 0 unspecified atom stereocenters. The highest BCUT2D eigenvalue weighted by molar-refractivity contribution is 6.82. The topological polar surface area (TPSA) is 29.9 Å². The van der Waals surface area contributed by atoms with Gasteiger partial charge in [0, 0.05) is 11.1 Å². The van der Waals surface area contributed by atoms with Crippen LogP contribution < -0.4 is 5.32 Å². The lowest BCUT2D eigenvalue weighted by molar-refractivity contribution is 0.770. The second kappa shape index (κ2) is 7.27. The molecule has 4 heteroatoms. The van der Waals surface area contributed by atoms with Crippen molar-refractivity contribution in [2.24, 2.45) is 0 Å². The lowest BCUT2D eigenvalue weighted by atomic mass is 10.3. The minimum absolute atomic E-state index is 0.655. The first kappa shape index (κ1) is 18.7. The number of para-hydroxylation sites is 1. The zero-order valence-electron chi connectivity index (χ0n) is 16.8. The van der Waals surface area contributed by atoms with Crippen molar-refractivity contribution < 1.29 is 0 Å². The van der Waals surface area contributed by atoms with Gasteiger partial charge in [-0.05, 0) is 38.7 Å². The zero-order chi connectivity index (χ0) is 18.9. The van der Waals surface area contributed by atoms with E-state index in [1.165, 1.54) is 5.39 Å². The molecule has 0 radical (unpaired) electrons. The SMILES string of the molecule is CC(C)[Si-](C(C)C)(C(C)C)n1ccc2cc(Nc3ccccc3)cnc21. The summed E-state index contributed by atoms with van der Waals surface area (Å²) in [6.45, 7) is 14.4. The van der Waals surface area contributed by atoms with Gasteiger partial charge in [0.05, 0.1) is 11.9 Å². The van der Waals surface area contributed by atoms with Gasteiger partial charge in [0.15, 0.2) is 0 Å². The van der Waals surface area contributed by atoms with E-state index in [0.29, 0.717) is 16.6 Å². The quantitative estimate of drug-likeness (QED) is 0.487. The molecular formula is C22H31N3Si-. The predicted octanol–water partition coefficient (Wildman–Crippen LogP) is 6.80. The van der Waals surface area contributed by atoms with E-state index in [1.807, 2.05) is 24.4 Å². The van der Waals surface area contributed by atoms with Crippen LogP contribution in [0.1, 0.15) is 41.5 Å². The van der Waals surface area contributed by atoms with Gasteiger partial charge in [-0.25, -0.2) is 4.98 Å². The second-order valence-electron chi connectivity index (χ2n) is 8.16. The number of hydrogen-bond acceptors (Lipinski definition) is 2.